The summed E-state index contributed by atoms with van der Waals surface area (Å²) in [6.07, 6.45) is 0.0555. The summed E-state index contributed by atoms with van der Waals surface area (Å²) >= 11 is 6.20. The number of hydrogen-bond acceptors (Lipinski definition) is 2. The average Bonchev–Trinajstić information content (AvgIpc) is 2.52. The molecule has 0 bridgehead atoms. The monoisotopic (exact) mass is 338 g/mol. The highest BCUT2D eigenvalue weighted by molar-refractivity contribution is 6.36. The van der Waals surface area contributed by atoms with Gasteiger partial charge in [0.15, 0.2) is 0 Å². The number of para-hydroxylation sites is 1. The second kappa shape index (κ2) is 6.79. The lowest BCUT2D eigenvalue weighted by molar-refractivity contribution is -0.123. The molecular formula is C17H23ClN2O3. The molecule has 0 saturated carbocycles. The molecule has 6 heteroatoms. The Morgan fingerprint density at radius 3 is 2.39 bits per heavy atom. The van der Waals surface area contributed by atoms with Crippen LogP contribution < -0.4 is 4.42 Å². The van der Waals surface area contributed by atoms with Crippen molar-refractivity contribution in [2.24, 2.45) is 11.3 Å². The third kappa shape index (κ3) is 3.96. The van der Waals surface area contributed by atoms with Crippen molar-refractivity contribution in [1.29, 1.82) is 0 Å². The molecule has 2 amide bonds. The van der Waals surface area contributed by atoms with Crippen molar-refractivity contribution in [2.75, 3.05) is 11.0 Å². The van der Waals surface area contributed by atoms with Crippen LogP contribution in [0.25, 0.3) is 0 Å². The molecular weight excluding hydrogens is 316 g/mol. The SMILES string of the molecule is CC(C)(C)C1CC(C(=O)N(Cl)c2ccccc2)CCN1C(=O)O. The molecule has 2 rings (SSSR count). The molecule has 1 saturated heterocycles. The predicted octanol–water partition coefficient (Wildman–Crippen LogP) is 3.98. The van der Waals surface area contributed by atoms with Crippen molar-refractivity contribution in [3.05, 3.63) is 30.3 Å². The molecule has 1 N–H and O–H groups in total. The minimum atomic E-state index is -0.929. The maximum absolute atomic E-state index is 12.7. The lowest BCUT2D eigenvalue weighted by Gasteiger charge is -2.44. The van der Waals surface area contributed by atoms with Gasteiger partial charge in [0, 0.05) is 30.3 Å². The normalized spacial score (nSPS) is 21.8. The molecule has 0 aromatic heterocycles. The van der Waals surface area contributed by atoms with Gasteiger partial charge in [-0.3, -0.25) is 4.79 Å². The Hall–Kier alpha value is -1.75. The maximum atomic E-state index is 12.7. The summed E-state index contributed by atoms with van der Waals surface area (Å²) in [5.74, 6) is -0.440. The van der Waals surface area contributed by atoms with Gasteiger partial charge in [-0.1, -0.05) is 39.0 Å². The van der Waals surface area contributed by atoms with Crippen LogP contribution in [0.2, 0.25) is 0 Å². The van der Waals surface area contributed by atoms with Crippen LogP contribution in [0, 0.1) is 11.3 Å². The van der Waals surface area contributed by atoms with E-state index in [1.807, 2.05) is 39.0 Å². The lowest BCUT2D eigenvalue weighted by atomic mass is 9.77. The highest BCUT2D eigenvalue weighted by Crippen LogP contribution is 2.36. The minimum Gasteiger partial charge on any atom is -0.465 e. The number of amides is 2. The fraction of sp³-hybridized carbons (Fsp3) is 0.529. The van der Waals surface area contributed by atoms with Gasteiger partial charge in [-0.25, -0.2) is 9.21 Å². The predicted molar refractivity (Wildman–Crippen MR) is 90.5 cm³/mol. The van der Waals surface area contributed by atoms with Crippen molar-refractivity contribution in [1.82, 2.24) is 4.90 Å². The van der Waals surface area contributed by atoms with Crippen LogP contribution in [-0.4, -0.2) is 34.6 Å². The van der Waals surface area contributed by atoms with Crippen LogP contribution in [0.1, 0.15) is 33.6 Å². The summed E-state index contributed by atoms with van der Waals surface area (Å²) in [6.45, 7) is 6.34. The summed E-state index contributed by atoms with van der Waals surface area (Å²) in [4.78, 5) is 25.6. The first kappa shape index (κ1) is 17.6. The summed E-state index contributed by atoms with van der Waals surface area (Å²) in [5.41, 5.74) is 0.397. The molecule has 23 heavy (non-hydrogen) atoms. The van der Waals surface area contributed by atoms with Crippen molar-refractivity contribution < 1.29 is 14.7 Å². The number of likely N-dealkylation sites (tertiary alicyclic amines) is 1. The van der Waals surface area contributed by atoms with Crippen LogP contribution in [0.5, 0.6) is 0 Å². The lowest BCUT2D eigenvalue weighted by Crippen LogP contribution is -2.53. The molecule has 0 aliphatic carbocycles. The van der Waals surface area contributed by atoms with Gasteiger partial charge in [0.25, 0.3) is 0 Å². The summed E-state index contributed by atoms with van der Waals surface area (Å²) in [6, 6.07) is 8.85. The van der Waals surface area contributed by atoms with Crippen LogP contribution >= 0.6 is 11.8 Å². The van der Waals surface area contributed by atoms with E-state index in [2.05, 4.69) is 0 Å². The molecule has 1 aromatic carbocycles. The van der Waals surface area contributed by atoms with Crippen LogP contribution in [0.4, 0.5) is 10.5 Å². The van der Waals surface area contributed by atoms with E-state index >= 15 is 0 Å². The second-order valence-corrected chi connectivity index (χ2v) is 7.37. The second-order valence-electron chi connectivity index (χ2n) is 7.03. The Labute approximate surface area is 141 Å². The first-order valence-corrected chi connectivity index (χ1v) is 8.10. The highest BCUT2D eigenvalue weighted by atomic mass is 35.5. The van der Waals surface area contributed by atoms with Gasteiger partial charge in [0.2, 0.25) is 5.91 Å². The van der Waals surface area contributed by atoms with Gasteiger partial charge in [0.05, 0.1) is 5.69 Å². The van der Waals surface area contributed by atoms with Gasteiger partial charge in [-0.2, -0.15) is 0 Å². The van der Waals surface area contributed by atoms with Gasteiger partial charge < -0.3 is 10.0 Å². The van der Waals surface area contributed by atoms with E-state index in [-0.39, 0.29) is 23.3 Å². The number of carbonyl (C=O) groups is 2. The number of carbonyl (C=O) groups excluding carboxylic acids is 1. The fourth-order valence-corrected chi connectivity index (χ4v) is 3.34. The number of carboxylic acid groups (broad SMARTS) is 1. The first-order valence-electron chi connectivity index (χ1n) is 7.76. The number of nitrogens with zero attached hydrogens (tertiary/aromatic N) is 2. The van der Waals surface area contributed by atoms with E-state index < -0.39 is 6.09 Å². The Morgan fingerprint density at radius 1 is 1.26 bits per heavy atom. The molecule has 2 atom stereocenters. The van der Waals surface area contributed by atoms with E-state index in [0.29, 0.717) is 25.1 Å². The molecule has 1 aliphatic rings. The zero-order valence-electron chi connectivity index (χ0n) is 13.7. The average molecular weight is 339 g/mol. The quantitative estimate of drug-likeness (QED) is 0.830. The molecule has 5 nitrogen and oxygen atoms in total. The Morgan fingerprint density at radius 2 is 1.87 bits per heavy atom. The van der Waals surface area contributed by atoms with Gasteiger partial charge >= 0.3 is 6.09 Å². The smallest absolute Gasteiger partial charge is 0.407 e. The van der Waals surface area contributed by atoms with Crippen molar-refractivity contribution in [3.8, 4) is 0 Å². The zero-order valence-corrected chi connectivity index (χ0v) is 14.5. The van der Waals surface area contributed by atoms with Crippen LogP contribution in [0.3, 0.4) is 0 Å². The van der Waals surface area contributed by atoms with E-state index in [1.54, 1.807) is 12.1 Å². The number of rotatable bonds is 2. The number of hydrogen-bond donors (Lipinski definition) is 1. The zero-order chi connectivity index (χ0) is 17.2. The fourth-order valence-electron chi connectivity index (χ4n) is 3.09. The third-order valence-electron chi connectivity index (χ3n) is 4.37. The molecule has 1 fully saturated rings. The van der Waals surface area contributed by atoms with Crippen LogP contribution in [0.15, 0.2) is 30.3 Å². The molecule has 126 valence electrons. The summed E-state index contributed by atoms with van der Waals surface area (Å²) in [5, 5.41) is 9.39. The Balaban J connectivity index is 2.15. The Kier molecular flexibility index (Phi) is 5.19. The van der Waals surface area contributed by atoms with Crippen molar-refractivity contribution in [2.45, 2.75) is 39.7 Å². The molecule has 2 unspecified atom stereocenters. The van der Waals surface area contributed by atoms with E-state index in [4.69, 9.17) is 11.8 Å². The van der Waals surface area contributed by atoms with Crippen molar-refractivity contribution >= 4 is 29.5 Å². The van der Waals surface area contributed by atoms with Gasteiger partial charge in [-0.05, 0) is 30.4 Å². The third-order valence-corrected chi connectivity index (χ3v) is 4.74. The molecule has 0 spiro atoms. The summed E-state index contributed by atoms with van der Waals surface area (Å²) < 4.78 is 1.15. The van der Waals surface area contributed by atoms with Gasteiger partial charge in [0.1, 0.15) is 0 Å². The molecule has 1 aromatic rings. The molecule has 0 radical (unpaired) electrons. The van der Waals surface area contributed by atoms with E-state index in [0.717, 1.165) is 4.42 Å². The molecule has 1 heterocycles. The minimum absolute atomic E-state index is 0.169. The topological polar surface area (TPSA) is 60.9 Å². The highest BCUT2D eigenvalue weighted by Gasteiger charge is 2.41. The standard InChI is InChI=1S/C17H23ClN2O3/c1-17(2,3)14-11-12(9-10-19(14)16(22)23)15(21)20(18)13-7-5-4-6-8-13/h4-8,12,14H,9-11H2,1-3H3,(H,22,23). The first-order chi connectivity index (χ1) is 10.7. The largest absolute Gasteiger partial charge is 0.465 e. The van der Waals surface area contributed by atoms with E-state index in [9.17, 15) is 14.7 Å². The van der Waals surface area contributed by atoms with Gasteiger partial charge in [-0.15, -0.1) is 0 Å². The summed E-state index contributed by atoms with van der Waals surface area (Å²) in [7, 11) is 0. The van der Waals surface area contributed by atoms with E-state index in [1.165, 1.54) is 4.90 Å². The Bertz CT molecular complexity index is 571. The maximum Gasteiger partial charge on any atom is 0.407 e. The molecule has 1 aliphatic heterocycles. The van der Waals surface area contributed by atoms with Crippen LogP contribution in [-0.2, 0) is 4.79 Å². The number of benzene rings is 1. The number of anilines is 1. The van der Waals surface area contributed by atoms with Crippen molar-refractivity contribution in [3.63, 3.8) is 0 Å². The number of halogens is 1. The number of piperidine rings is 1.